The molecule has 2 aliphatic heterocycles. The summed E-state index contributed by atoms with van der Waals surface area (Å²) in [4.78, 5) is 26.0. The summed E-state index contributed by atoms with van der Waals surface area (Å²) < 4.78 is 11.3. The number of amides is 1. The monoisotopic (exact) mass is 440 g/mol. The number of hydrogen-bond acceptors (Lipinski definition) is 7. The number of cyclic esters (lactones) is 1. The molecule has 0 bridgehead atoms. The highest BCUT2D eigenvalue weighted by Crippen LogP contribution is 2.41. The second-order valence-corrected chi connectivity index (χ2v) is 9.33. The van der Waals surface area contributed by atoms with Crippen molar-refractivity contribution in [2.75, 3.05) is 31.6 Å². The van der Waals surface area contributed by atoms with Crippen molar-refractivity contribution in [3.05, 3.63) is 48.3 Å². The van der Waals surface area contributed by atoms with E-state index in [1.807, 2.05) is 35.2 Å². The number of nitrogens with zero attached hydrogens (tertiary/aromatic N) is 4. The van der Waals surface area contributed by atoms with Crippen molar-refractivity contribution in [3.8, 4) is 5.75 Å². The van der Waals surface area contributed by atoms with E-state index in [2.05, 4.69) is 14.9 Å². The molecule has 2 aliphatic rings. The van der Waals surface area contributed by atoms with E-state index in [9.17, 15) is 9.90 Å². The highest BCUT2D eigenvalue weighted by atomic mass is 16.6. The average molecular weight is 441 g/mol. The van der Waals surface area contributed by atoms with Gasteiger partial charge in [-0.05, 0) is 32.3 Å². The molecule has 1 aromatic heterocycles. The first-order chi connectivity index (χ1) is 15.3. The van der Waals surface area contributed by atoms with Crippen molar-refractivity contribution in [2.45, 2.75) is 56.8 Å². The number of methoxy groups -OCH3 is 1. The maximum Gasteiger partial charge on any atom is 0.410 e. The summed E-state index contributed by atoms with van der Waals surface area (Å²) in [7, 11) is 1.59. The predicted molar refractivity (Wildman–Crippen MR) is 121 cm³/mol. The van der Waals surface area contributed by atoms with E-state index >= 15 is 0 Å². The average Bonchev–Trinajstić information content (AvgIpc) is 2.79. The first kappa shape index (κ1) is 22.3. The van der Waals surface area contributed by atoms with E-state index in [1.165, 1.54) is 0 Å². The van der Waals surface area contributed by atoms with Gasteiger partial charge in [0.15, 0.2) is 5.75 Å². The Morgan fingerprint density at radius 3 is 2.56 bits per heavy atom. The van der Waals surface area contributed by atoms with Crippen LogP contribution in [0.5, 0.6) is 5.75 Å². The molecule has 0 spiro atoms. The van der Waals surface area contributed by atoms with Crippen LogP contribution in [0, 0.1) is 0 Å². The van der Waals surface area contributed by atoms with E-state index in [0.29, 0.717) is 37.6 Å². The second-order valence-electron chi connectivity index (χ2n) is 9.33. The van der Waals surface area contributed by atoms with Crippen LogP contribution in [0.1, 0.15) is 45.1 Å². The van der Waals surface area contributed by atoms with Crippen LogP contribution in [0.15, 0.2) is 42.7 Å². The van der Waals surface area contributed by atoms with Gasteiger partial charge >= 0.3 is 6.09 Å². The molecule has 8 nitrogen and oxygen atoms in total. The zero-order valence-corrected chi connectivity index (χ0v) is 19.0. The van der Waals surface area contributed by atoms with Crippen LogP contribution < -0.4 is 9.64 Å². The molecule has 0 saturated carbocycles. The van der Waals surface area contributed by atoms with Gasteiger partial charge in [0.1, 0.15) is 5.60 Å². The fourth-order valence-electron chi connectivity index (χ4n) is 4.84. The Bertz CT molecular complexity index is 916. The Morgan fingerprint density at radius 2 is 1.94 bits per heavy atom. The van der Waals surface area contributed by atoms with E-state index in [1.54, 1.807) is 33.4 Å². The van der Waals surface area contributed by atoms with Gasteiger partial charge < -0.3 is 24.4 Å². The van der Waals surface area contributed by atoms with Crippen LogP contribution in [0.25, 0.3) is 0 Å². The lowest BCUT2D eigenvalue weighted by molar-refractivity contribution is -0.102. The summed E-state index contributed by atoms with van der Waals surface area (Å²) in [6, 6.07) is 9.79. The lowest BCUT2D eigenvalue weighted by Gasteiger charge is -2.47. The molecule has 172 valence electrons. The Labute approximate surface area is 189 Å². The molecule has 1 amide bonds. The molecular weight excluding hydrogens is 408 g/mol. The van der Waals surface area contributed by atoms with Gasteiger partial charge in [0.2, 0.25) is 5.95 Å². The predicted octanol–water partition coefficient (Wildman–Crippen LogP) is 3.35. The first-order valence-corrected chi connectivity index (χ1v) is 11.2. The molecule has 1 unspecified atom stereocenters. The van der Waals surface area contributed by atoms with Gasteiger partial charge in [0.25, 0.3) is 0 Å². The van der Waals surface area contributed by atoms with Gasteiger partial charge in [-0.25, -0.2) is 14.8 Å². The van der Waals surface area contributed by atoms with Crippen LogP contribution in [0.4, 0.5) is 10.7 Å². The fourth-order valence-corrected chi connectivity index (χ4v) is 4.84. The van der Waals surface area contributed by atoms with Crippen LogP contribution >= 0.6 is 0 Å². The zero-order valence-electron chi connectivity index (χ0n) is 19.0. The number of hydrogen-bond donors (Lipinski definition) is 1. The summed E-state index contributed by atoms with van der Waals surface area (Å²) in [5.74, 6) is 1.26. The largest absolute Gasteiger partial charge is 0.494 e. The SMILES string of the molecule is COc1cnc(N2CCC[C@H](N3CCC(CC(C)(C)O)(c4ccccc4)OC3=O)C2)nc1. The number of carbonyl (C=O) groups excluding carboxylic acids is 1. The van der Waals surface area contributed by atoms with Crippen molar-refractivity contribution in [1.82, 2.24) is 14.9 Å². The molecule has 32 heavy (non-hydrogen) atoms. The molecule has 1 aromatic carbocycles. The third-order valence-corrected chi connectivity index (χ3v) is 6.26. The van der Waals surface area contributed by atoms with Crippen molar-refractivity contribution >= 4 is 12.0 Å². The summed E-state index contributed by atoms with van der Waals surface area (Å²) in [5.41, 5.74) is -0.876. The number of piperidine rings is 1. The lowest BCUT2D eigenvalue weighted by atomic mass is 9.80. The van der Waals surface area contributed by atoms with Gasteiger partial charge in [0.05, 0.1) is 31.1 Å². The number of carbonyl (C=O) groups is 1. The minimum Gasteiger partial charge on any atom is -0.494 e. The maximum absolute atomic E-state index is 13.3. The Hall–Kier alpha value is -2.87. The third-order valence-electron chi connectivity index (χ3n) is 6.26. The molecule has 3 heterocycles. The normalized spacial score (nSPS) is 24.2. The molecule has 2 atom stereocenters. The number of aliphatic hydroxyl groups is 1. The van der Waals surface area contributed by atoms with Gasteiger partial charge in [-0.3, -0.25) is 0 Å². The van der Waals surface area contributed by atoms with Crippen LogP contribution in [0.2, 0.25) is 0 Å². The molecule has 4 rings (SSSR count). The van der Waals surface area contributed by atoms with Crippen molar-refractivity contribution in [3.63, 3.8) is 0 Å². The van der Waals surface area contributed by atoms with Gasteiger partial charge in [-0.1, -0.05) is 30.3 Å². The van der Waals surface area contributed by atoms with E-state index in [4.69, 9.17) is 9.47 Å². The van der Waals surface area contributed by atoms with E-state index in [0.717, 1.165) is 24.9 Å². The van der Waals surface area contributed by atoms with Gasteiger partial charge in [-0.15, -0.1) is 0 Å². The zero-order chi connectivity index (χ0) is 22.8. The van der Waals surface area contributed by atoms with Crippen molar-refractivity contribution in [2.24, 2.45) is 0 Å². The first-order valence-electron chi connectivity index (χ1n) is 11.2. The van der Waals surface area contributed by atoms with Gasteiger partial charge in [0, 0.05) is 32.5 Å². The molecular formula is C24H32N4O4. The summed E-state index contributed by atoms with van der Waals surface area (Å²) in [6.07, 6.45) is 5.82. The number of rotatable bonds is 6. The van der Waals surface area contributed by atoms with Crippen molar-refractivity contribution in [1.29, 1.82) is 0 Å². The second kappa shape index (κ2) is 8.94. The van der Waals surface area contributed by atoms with E-state index in [-0.39, 0.29) is 12.1 Å². The number of anilines is 1. The van der Waals surface area contributed by atoms with Crippen LogP contribution in [-0.2, 0) is 10.3 Å². The number of aromatic nitrogens is 2. The molecule has 0 aliphatic carbocycles. The van der Waals surface area contributed by atoms with Crippen LogP contribution in [0.3, 0.4) is 0 Å². The minimum atomic E-state index is -0.967. The molecule has 0 radical (unpaired) electrons. The third kappa shape index (κ3) is 4.80. The molecule has 8 heteroatoms. The summed E-state index contributed by atoms with van der Waals surface area (Å²) in [6.45, 7) is 5.59. The maximum atomic E-state index is 13.3. The minimum absolute atomic E-state index is 0.0258. The van der Waals surface area contributed by atoms with Crippen LogP contribution in [-0.4, -0.2) is 64.5 Å². The highest BCUT2D eigenvalue weighted by Gasteiger charge is 2.47. The standard InChI is InChI=1S/C24H32N4O4/c1-23(2,30)17-24(18-8-5-4-6-9-18)11-13-28(22(29)32-24)19-10-7-12-27(16-19)21-25-14-20(31-3)15-26-21/h4-6,8-9,14-15,19,30H,7,10-13,16-17H2,1-3H3/t19-,24?/m0/s1. The lowest BCUT2D eigenvalue weighted by Crippen LogP contribution is -2.57. The highest BCUT2D eigenvalue weighted by molar-refractivity contribution is 5.70. The molecule has 1 N–H and O–H groups in total. The molecule has 2 aromatic rings. The molecule has 2 saturated heterocycles. The summed E-state index contributed by atoms with van der Waals surface area (Å²) in [5, 5.41) is 10.6. The Balaban J connectivity index is 1.49. The smallest absolute Gasteiger partial charge is 0.410 e. The Morgan fingerprint density at radius 1 is 1.22 bits per heavy atom. The quantitative estimate of drug-likeness (QED) is 0.737. The van der Waals surface area contributed by atoms with Crippen molar-refractivity contribution < 1.29 is 19.4 Å². The molecule has 2 fully saturated rings. The number of ether oxygens (including phenoxy) is 2. The number of benzene rings is 1. The fraction of sp³-hybridized carbons (Fsp3) is 0.542. The Kier molecular flexibility index (Phi) is 6.24. The van der Waals surface area contributed by atoms with Gasteiger partial charge in [-0.2, -0.15) is 0 Å². The topological polar surface area (TPSA) is 88.0 Å². The summed E-state index contributed by atoms with van der Waals surface area (Å²) >= 11 is 0. The van der Waals surface area contributed by atoms with E-state index < -0.39 is 11.2 Å².